The molecule has 4 rings (SSSR count). The summed E-state index contributed by atoms with van der Waals surface area (Å²) in [5.74, 6) is 2.37. The molecule has 1 aliphatic carbocycles. The predicted octanol–water partition coefficient (Wildman–Crippen LogP) is 2.93. The van der Waals surface area contributed by atoms with Gasteiger partial charge in [-0.3, -0.25) is 5.10 Å². The SMILES string of the molecule is OC1(c2cc(Cl)cc3cn[nH]c23)CC2(CSC2)C1. The van der Waals surface area contributed by atoms with Crippen molar-refractivity contribution in [2.45, 2.75) is 18.4 Å². The molecule has 0 amide bonds. The zero-order valence-electron chi connectivity index (χ0n) is 9.74. The smallest absolute Gasteiger partial charge is 0.0929 e. The zero-order valence-corrected chi connectivity index (χ0v) is 11.3. The van der Waals surface area contributed by atoms with Crippen LogP contribution in [0.5, 0.6) is 0 Å². The Morgan fingerprint density at radius 3 is 2.78 bits per heavy atom. The van der Waals surface area contributed by atoms with Gasteiger partial charge in [0.05, 0.1) is 17.3 Å². The Hall–Kier alpha value is -0.710. The van der Waals surface area contributed by atoms with E-state index in [-0.39, 0.29) is 0 Å². The molecule has 1 aromatic heterocycles. The lowest BCUT2D eigenvalue weighted by molar-refractivity contribution is -0.118. The van der Waals surface area contributed by atoms with Crippen LogP contribution in [0.1, 0.15) is 18.4 Å². The van der Waals surface area contributed by atoms with E-state index in [9.17, 15) is 5.11 Å². The van der Waals surface area contributed by atoms with Crippen LogP contribution in [-0.4, -0.2) is 26.8 Å². The van der Waals surface area contributed by atoms with E-state index in [1.54, 1.807) is 6.20 Å². The van der Waals surface area contributed by atoms with E-state index in [1.807, 2.05) is 23.9 Å². The van der Waals surface area contributed by atoms with E-state index >= 15 is 0 Å². The highest BCUT2D eigenvalue weighted by Crippen LogP contribution is 2.62. The number of aliphatic hydroxyl groups is 1. The van der Waals surface area contributed by atoms with Crippen LogP contribution >= 0.6 is 23.4 Å². The van der Waals surface area contributed by atoms with E-state index in [2.05, 4.69) is 10.2 Å². The first kappa shape index (κ1) is 11.1. The predicted molar refractivity (Wildman–Crippen MR) is 74.0 cm³/mol. The maximum Gasteiger partial charge on any atom is 0.0929 e. The minimum Gasteiger partial charge on any atom is -0.385 e. The fraction of sp³-hybridized carbons (Fsp3) is 0.462. The number of aromatic amines is 1. The van der Waals surface area contributed by atoms with Crippen LogP contribution in [-0.2, 0) is 5.60 Å². The van der Waals surface area contributed by atoms with Crippen LogP contribution in [0.3, 0.4) is 0 Å². The quantitative estimate of drug-likeness (QED) is 0.844. The Bertz CT molecular complexity index is 627. The Morgan fingerprint density at radius 1 is 1.33 bits per heavy atom. The van der Waals surface area contributed by atoms with E-state index in [1.165, 1.54) is 11.5 Å². The molecule has 0 bridgehead atoms. The molecule has 2 aromatic rings. The van der Waals surface area contributed by atoms with E-state index < -0.39 is 5.60 Å². The Kier molecular flexibility index (Phi) is 2.13. The number of hydrogen-bond donors (Lipinski definition) is 2. The molecule has 1 spiro atoms. The van der Waals surface area contributed by atoms with Gasteiger partial charge in [0.15, 0.2) is 0 Å². The third-order valence-electron chi connectivity index (χ3n) is 4.17. The van der Waals surface area contributed by atoms with Gasteiger partial charge in [-0.15, -0.1) is 0 Å². The first-order valence-electron chi connectivity index (χ1n) is 6.04. The molecule has 2 fully saturated rings. The van der Waals surface area contributed by atoms with Crippen LogP contribution in [0.4, 0.5) is 0 Å². The van der Waals surface area contributed by atoms with Gasteiger partial charge in [0.2, 0.25) is 0 Å². The van der Waals surface area contributed by atoms with Crippen LogP contribution in [0.15, 0.2) is 18.3 Å². The van der Waals surface area contributed by atoms with Crippen molar-refractivity contribution in [3.8, 4) is 0 Å². The summed E-state index contributed by atoms with van der Waals surface area (Å²) in [5.41, 5.74) is 1.49. The van der Waals surface area contributed by atoms with Crippen LogP contribution in [0.2, 0.25) is 5.02 Å². The van der Waals surface area contributed by atoms with Gasteiger partial charge < -0.3 is 5.11 Å². The van der Waals surface area contributed by atoms with Gasteiger partial charge in [0.1, 0.15) is 0 Å². The van der Waals surface area contributed by atoms with Crippen molar-refractivity contribution in [3.63, 3.8) is 0 Å². The fourth-order valence-corrected chi connectivity index (χ4v) is 4.78. The molecule has 2 heterocycles. The number of H-pyrrole nitrogens is 1. The summed E-state index contributed by atoms with van der Waals surface area (Å²) in [6, 6.07) is 3.75. The highest BCUT2D eigenvalue weighted by atomic mass is 35.5. The van der Waals surface area contributed by atoms with Gasteiger partial charge >= 0.3 is 0 Å². The van der Waals surface area contributed by atoms with Crippen molar-refractivity contribution in [2.75, 3.05) is 11.5 Å². The summed E-state index contributed by atoms with van der Waals surface area (Å²) in [7, 11) is 0. The average molecular weight is 281 g/mol. The number of halogens is 1. The van der Waals surface area contributed by atoms with Gasteiger partial charge in [0.25, 0.3) is 0 Å². The largest absolute Gasteiger partial charge is 0.385 e. The van der Waals surface area contributed by atoms with Gasteiger partial charge in [0, 0.05) is 16.0 Å². The number of aromatic nitrogens is 2. The molecule has 0 radical (unpaired) electrons. The van der Waals surface area contributed by atoms with E-state index in [0.717, 1.165) is 29.3 Å². The van der Waals surface area contributed by atoms with Crippen molar-refractivity contribution in [1.82, 2.24) is 10.2 Å². The number of thioether (sulfide) groups is 1. The van der Waals surface area contributed by atoms with Crippen molar-refractivity contribution < 1.29 is 5.11 Å². The van der Waals surface area contributed by atoms with E-state index in [0.29, 0.717) is 10.4 Å². The van der Waals surface area contributed by atoms with Crippen LogP contribution in [0.25, 0.3) is 10.9 Å². The van der Waals surface area contributed by atoms with Crippen molar-refractivity contribution in [3.05, 3.63) is 28.9 Å². The zero-order chi connectivity index (χ0) is 12.4. The molecule has 5 heteroatoms. The number of benzene rings is 1. The highest BCUT2D eigenvalue weighted by Gasteiger charge is 2.58. The number of fused-ring (bicyclic) bond motifs is 1. The maximum atomic E-state index is 10.8. The van der Waals surface area contributed by atoms with Crippen molar-refractivity contribution in [2.24, 2.45) is 5.41 Å². The summed E-state index contributed by atoms with van der Waals surface area (Å²) in [6.45, 7) is 0. The van der Waals surface area contributed by atoms with Gasteiger partial charge in [-0.25, -0.2) is 0 Å². The van der Waals surface area contributed by atoms with Gasteiger partial charge in [-0.1, -0.05) is 11.6 Å². The minimum atomic E-state index is -0.726. The Balaban J connectivity index is 1.80. The van der Waals surface area contributed by atoms with Gasteiger partial charge in [-0.05, 0) is 41.9 Å². The van der Waals surface area contributed by atoms with Crippen molar-refractivity contribution >= 4 is 34.3 Å². The first-order chi connectivity index (χ1) is 8.60. The molecule has 1 saturated heterocycles. The second-order valence-corrected chi connectivity index (χ2v) is 7.09. The molecule has 3 nitrogen and oxygen atoms in total. The lowest BCUT2D eigenvalue weighted by Gasteiger charge is -2.58. The molecule has 2 N–H and O–H groups in total. The second kappa shape index (κ2) is 3.44. The standard InChI is InChI=1S/C13H13ClN2OS/c14-9-1-8-3-15-16-11(8)10(2-9)13(17)4-12(5-13)6-18-7-12/h1-3,17H,4-7H2,(H,15,16). The van der Waals surface area contributed by atoms with Gasteiger partial charge in [-0.2, -0.15) is 16.9 Å². The number of rotatable bonds is 1. The Labute approximate surface area is 114 Å². The topological polar surface area (TPSA) is 48.9 Å². The molecule has 2 aliphatic rings. The monoisotopic (exact) mass is 280 g/mol. The molecule has 1 aromatic carbocycles. The summed E-state index contributed by atoms with van der Waals surface area (Å²) in [6.07, 6.45) is 3.45. The summed E-state index contributed by atoms with van der Waals surface area (Å²) < 4.78 is 0. The molecule has 0 atom stereocenters. The van der Waals surface area contributed by atoms with Crippen molar-refractivity contribution in [1.29, 1.82) is 0 Å². The van der Waals surface area contributed by atoms with Crippen LogP contribution in [0, 0.1) is 5.41 Å². The molecule has 1 aliphatic heterocycles. The molecule has 94 valence electrons. The number of nitrogens with one attached hydrogen (secondary N) is 1. The third-order valence-corrected chi connectivity index (χ3v) is 6.02. The lowest BCUT2D eigenvalue weighted by Crippen LogP contribution is -2.56. The molecule has 18 heavy (non-hydrogen) atoms. The minimum absolute atomic E-state index is 0.383. The number of nitrogens with zero attached hydrogens (tertiary/aromatic N) is 1. The molecule has 0 unspecified atom stereocenters. The fourth-order valence-electron chi connectivity index (χ4n) is 3.36. The second-order valence-electron chi connectivity index (χ2n) is 5.67. The maximum absolute atomic E-state index is 10.8. The number of hydrogen-bond acceptors (Lipinski definition) is 3. The first-order valence-corrected chi connectivity index (χ1v) is 7.57. The molecular formula is C13H13ClN2OS. The summed E-state index contributed by atoms with van der Waals surface area (Å²) in [4.78, 5) is 0. The summed E-state index contributed by atoms with van der Waals surface area (Å²) in [5, 5.41) is 19.5. The lowest BCUT2D eigenvalue weighted by atomic mass is 9.58. The highest BCUT2D eigenvalue weighted by molar-refractivity contribution is 8.00. The average Bonchev–Trinajstić information content (AvgIpc) is 2.68. The van der Waals surface area contributed by atoms with E-state index in [4.69, 9.17) is 11.6 Å². The summed E-state index contributed by atoms with van der Waals surface area (Å²) >= 11 is 8.10. The van der Waals surface area contributed by atoms with Crippen LogP contribution < -0.4 is 0 Å². The molecular weight excluding hydrogens is 268 g/mol. The Morgan fingerprint density at radius 2 is 2.11 bits per heavy atom. The third kappa shape index (κ3) is 1.40. The normalized spacial score (nSPS) is 23.9. The molecule has 1 saturated carbocycles.